The summed E-state index contributed by atoms with van der Waals surface area (Å²) in [6.07, 6.45) is 0.104. The van der Waals surface area contributed by atoms with Crippen LogP contribution in [0.15, 0.2) is 18.2 Å². The lowest BCUT2D eigenvalue weighted by Crippen LogP contribution is -2.40. The number of alkyl halides is 2. The molecule has 1 aromatic rings. The van der Waals surface area contributed by atoms with Crippen molar-refractivity contribution in [3.63, 3.8) is 0 Å². The van der Waals surface area contributed by atoms with Crippen LogP contribution in [0.25, 0.3) is 0 Å². The predicted octanol–water partition coefficient (Wildman–Crippen LogP) is 2.02. The van der Waals surface area contributed by atoms with Gasteiger partial charge in [-0.05, 0) is 18.6 Å². The summed E-state index contributed by atoms with van der Waals surface area (Å²) < 4.78 is 41.4. The van der Waals surface area contributed by atoms with Crippen LogP contribution in [0.4, 0.5) is 13.2 Å². The van der Waals surface area contributed by atoms with Crippen molar-refractivity contribution in [2.24, 2.45) is 0 Å². The van der Waals surface area contributed by atoms with Crippen LogP contribution in [0.1, 0.15) is 23.7 Å². The lowest BCUT2D eigenvalue weighted by atomic mass is 10.1. The Labute approximate surface area is 112 Å². The second-order valence-corrected chi connectivity index (χ2v) is 3.79. The first-order valence-corrected chi connectivity index (χ1v) is 5.63. The molecule has 5 nitrogen and oxygen atoms in total. The maximum Gasteiger partial charge on any atom is 0.387 e. The Kier molecular flexibility index (Phi) is 5.36. The molecule has 0 radical (unpaired) electrons. The second-order valence-electron chi connectivity index (χ2n) is 3.79. The van der Waals surface area contributed by atoms with Gasteiger partial charge in [-0.25, -0.2) is 9.18 Å². The summed E-state index contributed by atoms with van der Waals surface area (Å²) in [4.78, 5) is 22.6. The fourth-order valence-electron chi connectivity index (χ4n) is 1.45. The van der Waals surface area contributed by atoms with Crippen LogP contribution in [0, 0.1) is 5.82 Å². The monoisotopic (exact) mass is 291 g/mol. The number of hydrogen-bond acceptors (Lipinski definition) is 3. The molecule has 110 valence electrons. The van der Waals surface area contributed by atoms with Crippen molar-refractivity contribution >= 4 is 11.9 Å². The van der Waals surface area contributed by atoms with Crippen LogP contribution in [0.2, 0.25) is 0 Å². The first kappa shape index (κ1) is 15.8. The van der Waals surface area contributed by atoms with Gasteiger partial charge >= 0.3 is 12.6 Å². The van der Waals surface area contributed by atoms with Gasteiger partial charge in [0.25, 0.3) is 5.91 Å². The second kappa shape index (κ2) is 6.78. The quantitative estimate of drug-likeness (QED) is 0.840. The minimum Gasteiger partial charge on any atom is -0.480 e. The van der Waals surface area contributed by atoms with Crippen LogP contribution in [0.5, 0.6) is 5.75 Å². The van der Waals surface area contributed by atoms with Crippen LogP contribution in [0.3, 0.4) is 0 Å². The Morgan fingerprint density at radius 2 is 2.05 bits per heavy atom. The fourth-order valence-corrected chi connectivity index (χ4v) is 1.45. The zero-order chi connectivity index (χ0) is 15.3. The number of ether oxygens (including phenoxy) is 1. The summed E-state index contributed by atoms with van der Waals surface area (Å²) >= 11 is 0. The molecule has 1 aromatic carbocycles. The van der Waals surface area contributed by atoms with Gasteiger partial charge in [-0.3, -0.25) is 4.79 Å². The van der Waals surface area contributed by atoms with E-state index < -0.39 is 36.1 Å². The highest BCUT2D eigenvalue weighted by atomic mass is 19.3. The van der Waals surface area contributed by atoms with Gasteiger partial charge in [0.2, 0.25) is 0 Å². The van der Waals surface area contributed by atoms with Crippen molar-refractivity contribution in [3.8, 4) is 5.75 Å². The molecule has 0 saturated heterocycles. The Morgan fingerprint density at radius 1 is 1.40 bits per heavy atom. The third kappa shape index (κ3) is 4.15. The number of carboxylic acid groups (broad SMARTS) is 1. The number of carboxylic acids is 1. The van der Waals surface area contributed by atoms with Crippen molar-refractivity contribution in [2.45, 2.75) is 26.0 Å². The molecule has 0 aliphatic carbocycles. The third-order valence-corrected chi connectivity index (χ3v) is 2.42. The summed E-state index contributed by atoms with van der Waals surface area (Å²) in [5, 5.41) is 10.9. The number of carbonyl (C=O) groups excluding carboxylic acids is 1. The zero-order valence-corrected chi connectivity index (χ0v) is 10.4. The first-order valence-electron chi connectivity index (χ1n) is 5.63. The fraction of sp³-hybridized carbons (Fsp3) is 0.333. The van der Waals surface area contributed by atoms with Gasteiger partial charge < -0.3 is 15.2 Å². The Morgan fingerprint density at radius 3 is 2.55 bits per heavy atom. The summed E-state index contributed by atoms with van der Waals surface area (Å²) in [5.41, 5.74) is -0.369. The molecular weight excluding hydrogens is 279 g/mol. The average molecular weight is 291 g/mol. The van der Waals surface area contributed by atoms with E-state index in [-0.39, 0.29) is 12.0 Å². The summed E-state index contributed by atoms with van der Waals surface area (Å²) in [6.45, 7) is -1.70. The average Bonchev–Trinajstić information content (AvgIpc) is 2.34. The van der Waals surface area contributed by atoms with E-state index in [2.05, 4.69) is 10.1 Å². The Bertz CT molecular complexity index is 507. The third-order valence-electron chi connectivity index (χ3n) is 2.42. The van der Waals surface area contributed by atoms with E-state index in [9.17, 15) is 22.8 Å². The van der Waals surface area contributed by atoms with Gasteiger partial charge in [0, 0.05) is 6.07 Å². The molecule has 1 rings (SSSR count). The van der Waals surface area contributed by atoms with Gasteiger partial charge in [-0.2, -0.15) is 8.78 Å². The molecule has 1 amide bonds. The summed E-state index contributed by atoms with van der Waals surface area (Å²) in [7, 11) is 0. The van der Waals surface area contributed by atoms with Crippen LogP contribution >= 0.6 is 0 Å². The molecule has 0 saturated carbocycles. The molecule has 0 aromatic heterocycles. The number of benzene rings is 1. The van der Waals surface area contributed by atoms with E-state index in [1.807, 2.05) is 0 Å². The molecule has 20 heavy (non-hydrogen) atoms. The van der Waals surface area contributed by atoms with E-state index in [1.54, 1.807) is 0 Å². The Balaban J connectivity index is 2.99. The Hall–Kier alpha value is -2.25. The van der Waals surface area contributed by atoms with Gasteiger partial charge in [-0.15, -0.1) is 0 Å². The van der Waals surface area contributed by atoms with Crippen molar-refractivity contribution in [1.29, 1.82) is 0 Å². The SMILES string of the molecule is CCC(NC(=O)c1ccc(F)cc1OC(F)F)C(=O)O. The molecule has 0 heterocycles. The number of halogens is 3. The molecule has 0 aliphatic heterocycles. The van der Waals surface area contributed by atoms with Crippen molar-refractivity contribution in [3.05, 3.63) is 29.6 Å². The van der Waals surface area contributed by atoms with Crippen LogP contribution in [-0.4, -0.2) is 29.6 Å². The van der Waals surface area contributed by atoms with Crippen LogP contribution < -0.4 is 10.1 Å². The van der Waals surface area contributed by atoms with E-state index in [1.165, 1.54) is 6.92 Å². The maximum absolute atomic E-state index is 13.0. The van der Waals surface area contributed by atoms with E-state index in [0.29, 0.717) is 6.07 Å². The van der Waals surface area contributed by atoms with Crippen LogP contribution in [-0.2, 0) is 4.79 Å². The minimum absolute atomic E-state index is 0.104. The highest BCUT2D eigenvalue weighted by Gasteiger charge is 2.22. The first-order chi connectivity index (χ1) is 9.35. The molecule has 2 N–H and O–H groups in total. The highest BCUT2D eigenvalue weighted by Crippen LogP contribution is 2.22. The lowest BCUT2D eigenvalue weighted by molar-refractivity contribution is -0.139. The highest BCUT2D eigenvalue weighted by molar-refractivity contribution is 5.98. The molecular formula is C12H12F3NO4. The predicted molar refractivity (Wildman–Crippen MR) is 62.2 cm³/mol. The lowest BCUT2D eigenvalue weighted by Gasteiger charge is -2.14. The molecule has 0 fully saturated rings. The van der Waals surface area contributed by atoms with Crippen molar-refractivity contribution < 1.29 is 32.6 Å². The molecule has 1 atom stereocenters. The molecule has 0 aliphatic rings. The number of aliphatic carboxylic acids is 1. The standard InChI is InChI=1S/C12H12F3NO4/c1-2-8(11(18)19)16-10(17)7-4-3-6(13)5-9(7)20-12(14)15/h3-5,8,12H,2H2,1H3,(H,16,17)(H,18,19). The van der Waals surface area contributed by atoms with E-state index >= 15 is 0 Å². The normalized spacial score (nSPS) is 12.1. The summed E-state index contributed by atoms with van der Waals surface area (Å²) in [5.74, 6) is -3.71. The van der Waals surface area contributed by atoms with Crippen molar-refractivity contribution in [1.82, 2.24) is 5.32 Å². The smallest absolute Gasteiger partial charge is 0.387 e. The van der Waals surface area contributed by atoms with E-state index in [4.69, 9.17) is 5.11 Å². The number of amides is 1. The van der Waals surface area contributed by atoms with Crippen molar-refractivity contribution in [2.75, 3.05) is 0 Å². The summed E-state index contributed by atoms with van der Waals surface area (Å²) in [6, 6.07) is 1.28. The minimum atomic E-state index is -3.23. The number of hydrogen-bond donors (Lipinski definition) is 2. The number of rotatable bonds is 6. The number of carbonyl (C=O) groups is 2. The molecule has 1 unspecified atom stereocenters. The van der Waals surface area contributed by atoms with E-state index in [0.717, 1.165) is 12.1 Å². The molecule has 8 heteroatoms. The largest absolute Gasteiger partial charge is 0.480 e. The maximum atomic E-state index is 13.0. The molecule has 0 spiro atoms. The number of nitrogens with one attached hydrogen (secondary N) is 1. The van der Waals surface area contributed by atoms with Gasteiger partial charge in [0.15, 0.2) is 0 Å². The van der Waals surface area contributed by atoms with Gasteiger partial charge in [0.1, 0.15) is 17.6 Å². The van der Waals surface area contributed by atoms with Gasteiger partial charge in [0.05, 0.1) is 5.56 Å². The van der Waals surface area contributed by atoms with Gasteiger partial charge in [-0.1, -0.05) is 6.92 Å². The molecule has 0 bridgehead atoms. The topological polar surface area (TPSA) is 75.6 Å². The zero-order valence-electron chi connectivity index (χ0n) is 10.4.